The second-order valence-electron chi connectivity index (χ2n) is 8.81. The van der Waals surface area contributed by atoms with Crippen molar-refractivity contribution in [3.63, 3.8) is 0 Å². The molecule has 3 unspecified atom stereocenters. The summed E-state index contributed by atoms with van der Waals surface area (Å²) in [6.45, 7) is 11.0. The second kappa shape index (κ2) is 8.58. The smallest absolute Gasteiger partial charge is 0.373 e. The number of ether oxygens (including phenoxy) is 1. The van der Waals surface area contributed by atoms with Crippen LogP contribution in [0.15, 0.2) is 54.6 Å². The first-order valence-corrected chi connectivity index (χ1v) is 10.5. The first-order valence-electron chi connectivity index (χ1n) is 10.5. The molecule has 0 aromatic heterocycles. The fourth-order valence-electron chi connectivity index (χ4n) is 4.47. The lowest BCUT2D eigenvalue weighted by molar-refractivity contribution is -0.313. The van der Waals surface area contributed by atoms with Gasteiger partial charge < -0.3 is 4.74 Å². The number of benzene rings is 2. The Labute approximate surface area is 174 Å². The first kappa shape index (κ1) is 21.4. The summed E-state index contributed by atoms with van der Waals surface area (Å²) in [4.78, 5) is 21.9. The Kier molecular flexibility index (Phi) is 6.33. The van der Waals surface area contributed by atoms with E-state index in [-0.39, 0.29) is 5.41 Å². The lowest BCUT2D eigenvalue weighted by Crippen LogP contribution is -2.20. The summed E-state index contributed by atoms with van der Waals surface area (Å²) in [5.41, 5.74) is 2.46. The zero-order valence-corrected chi connectivity index (χ0v) is 18.1. The van der Waals surface area contributed by atoms with Gasteiger partial charge in [-0.15, -0.1) is 4.89 Å². The van der Waals surface area contributed by atoms with Crippen molar-refractivity contribution in [1.29, 1.82) is 0 Å². The zero-order valence-electron chi connectivity index (χ0n) is 18.1. The Morgan fingerprint density at radius 1 is 1.03 bits per heavy atom. The summed E-state index contributed by atoms with van der Waals surface area (Å²) in [6, 6.07) is 17.0. The van der Waals surface area contributed by atoms with Crippen LogP contribution in [0, 0.1) is 11.3 Å². The molecule has 1 aliphatic carbocycles. The second-order valence-corrected chi connectivity index (χ2v) is 8.81. The van der Waals surface area contributed by atoms with Crippen molar-refractivity contribution in [2.45, 2.75) is 65.6 Å². The highest BCUT2D eigenvalue weighted by Crippen LogP contribution is 2.69. The molecule has 1 fully saturated rings. The highest BCUT2D eigenvalue weighted by atomic mass is 17.2. The van der Waals surface area contributed by atoms with E-state index < -0.39 is 12.3 Å². The van der Waals surface area contributed by atoms with Crippen LogP contribution in [0.3, 0.4) is 0 Å². The van der Waals surface area contributed by atoms with Crippen LogP contribution in [0.4, 0.5) is 0 Å². The van der Waals surface area contributed by atoms with E-state index in [1.54, 1.807) is 31.2 Å². The summed E-state index contributed by atoms with van der Waals surface area (Å²) in [5, 5.41) is 0. The summed E-state index contributed by atoms with van der Waals surface area (Å²) in [5.74, 6) is 0.808. The Morgan fingerprint density at radius 3 is 2.24 bits per heavy atom. The average Bonchev–Trinajstić information content (AvgIpc) is 3.31. The van der Waals surface area contributed by atoms with E-state index >= 15 is 0 Å². The van der Waals surface area contributed by atoms with Crippen molar-refractivity contribution in [1.82, 2.24) is 0 Å². The van der Waals surface area contributed by atoms with E-state index in [1.165, 1.54) is 24.8 Å². The van der Waals surface area contributed by atoms with Gasteiger partial charge in [-0.2, -0.15) is 0 Å². The Balaban J connectivity index is 1.58. The maximum absolute atomic E-state index is 11.9. The van der Waals surface area contributed by atoms with Crippen molar-refractivity contribution in [3.05, 3.63) is 65.7 Å². The van der Waals surface area contributed by atoms with Gasteiger partial charge in [0, 0.05) is 12.3 Å². The van der Waals surface area contributed by atoms with Gasteiger partial charge in [0.25, 0.3) is 0 Å². The van der Waals surface area contributed by atoms with Crippen LogP contribution < -0.4 is 4.74 Å². The Bertz CT molecular complexity index is 814. The number of carbonyl (C=O) groups excluding carboxylic acids is 1. The molecule has 0 spiro atoms. The third-order valence-corrected chi connectivity index (χ3v) is 6.24. The normalized spacial score (nSPS) is 24.2. The SMILES string of the molecule is CCC1(C)CC1(CC(C)C)c1ccc(OC(C)OOC(=O)c2ccccc2)cc1. The molecule has 1 aliphatic rings. The van der Waals surface area contributed by atoms with Gasteiger partial charge >= 0.3 is 5.97 Å². The number of hydrogen-bond acceptors (Lipinski definition) is 4. The van der Waals surface area contributed by atoms with E-state index in [2.05, 4.69) is 39.8 Å². The summed E-state index contributed by atoms with van der Waals surface area (Å²) >= 11 is 0. The third-order valence-electron chi connectivity index (χ3n) is 6.24. The maximum atomic E-state index is 11.9. The van der Waals surface area contributed by atoms with Crippen molar-refractivity contribution < 1.29 is 19.3 Å². The minimum Gasteiger partial charge on any atom is -0.461 e. The van der Waals surface area contributed by atoms with Crippen molar-refractivity contribution >= 4 is 5.97 Å². The molecule has 4 heteroatoms. The van der Waals surface area contributed by atoms with E-state index in [9.17, 15) is 4.79 Å². The van der Waals surface area contributed by atoms with Gasteiger partial charge in [0.15, 0.2) is 0 Å². The molecule has 1 saturated carbocycles. The molecule has 3 rings (SSSR count). The fraction of sp³-hybridized carbons (Fsp3) is 0.480. The lowest BCUT2D eigenvalue weighted by atomic mass is 9.79. The number of hydrogen-bond donors (Lipinski definition) is 0. The largest absolute Gasteiger partial charge is 0.461 e. The minimum atomic E-state index is -0.708. The predicted molar refractivity (Wildman–Crippen MR) is 114 cm³/mol. The van der Waals surface area contributed by atoms with Gasteiger partial charge in [-0.25, -0.2) is 4.79 Å². The van der Waals surface area contributed by atoms with Crippen LogP contribution in [-0.2, 0) is 15.2 Å². The highest BCUT2D eigenvalue weighted by Gasteiger charge is 2.63. The molecule has 0 saturated heterocycles. The standard InChI is InChI=1S/C25H32O4/c1-6-24(5)17-25(24,16-18(2)3)21-12-14-22(15-13-21)27-19(4)28-29-23(26)20-10-8-7-9-11-20/h7-15,18-19H,6,16-17H2,1-5H3. The van der Waals surface area contributed by atoms with Gasteiger partial charge in [-0.3, -0.25) is 4.89 Å². The van der Waals surface area contributed by atoms with Crippen LogP contribution in [0.2, 0.25) is 0 Å². The molecule has 2 aromatic carbocycles. The van der Waals surface area contributed by atoms with Crippen molar-refractivity contribution in [3.8, 4) is 5.75 Å². The molecule has 0 heterocycles. The predicted octanol–water partition coefficient (Wildman–Crippen LogP) is 6.30. The van der Waals surface area contributed by atoms with Crippen LogP contribution in [0.5, 0.6) is 5.75 Å². The minimum absolute atomic E-state index is 0.266. The molecule has 3 atom stereocenters. The topological polar surface area (TPSA) is 44.8 Å². The van der Waals surface area contributed by atoms with Gasteiger partial charge in [-0.1, -0.05) is 58.0 Å². The average molecular weight is 397 g/mol. The first-order chi connectivity index (χ1) is 13.8. The summed E-state index contributed by atoms with van der Waals surface area (Å²) in [6.07, 6.45) is 2.92. The third kappa shape index (κ3) is 4.64. The van der Waals surface area contributed by atoms with Crippen molar-refractivity contribution in [2.75, 3.05) is 0 Å². The van der Waals surface area contributed by atoms with E-state index in [0.717, 1.165) is 0 Å². The monoisotopic (exact) mass is 396 g/mol. The van der Waals surface area contributed by atoms with Gasteiger partial charge in [0.05, 0.1) is 5.56 Å². The molecule has 0 bridgehead atoms. The molecular formula is C25H32O4. The molecule has 0 aliphatic heterocycles. The van der Waals surface area contributed by atoms with Crippen LogP contribution in [0.25, 0.3) is 0 Å². The summed E-state index contributed by atoms with van der Waals surface area (Å²) < 4.78 is 5.75. The van der Waals surface area contributed by atoms with Crippen molar-refractivity contribution in [2.24, 2.45) is 11.3 Å². The van der Waals surface area contributed by atoms with Gasteiger partial charge in [0.1, 0.15) is 5.75 Å². The van der Waals surface area contributed by atoms with Crippen LogP contribution in [0.1, 0.15) is 69.8 Å². The van der Waals surface area contributed by atoms with E-state index in [4.69, 9.17) is 14.5 Å². The van der Waals surface area contributed by atoms with Crippen LogP contribution in [-0.4, -0.2) is 12.3 Å². The van der Waals surface area contributed by atoms with Gasteiger partial charge in [-0.05, 0) is 60.4 Å². The molecule has 156 valence electrons. The molecule has 0 radical (unpaired) electrons. The molecule has 2 aromatic rings. The Morgan fingerprint density at radius 2 is 1.69 bits per heavy atom. The Hall–Kier alpha value is -2.33. The summed E-state index contributed by atoms with van der Waals surface area (Å²) in [7, 11) is 0. The quantitative estimate of drug-likeness (QED) is 0.283. The zero-order chi connectivity index (χ0) is 21.1. The van der Waals surface area contributed by atoms with E-state index in [1.807, 2.05) is 18.2 Å². The fourth-order valence-corrected chi connectivity index (χ4v) is 4.47. The maximum Gasteiger partial charge on any atom is 0.373 e. The molecule has 0 N–H and O–H groups in total. The van der Waals surface area contributed by atoms with Crippen LogP contribution >= 0.6 is 0 Å². The molecule has 0 amide bonds. The number of rotatable bonds is 9. The highest BCUT2D eigenvalue weighted by molar-refractivity contribution is 5.88. The van der Waals surface area contributed by atoms with Gasteiger partial charge in [0.2, 0.25) is 6.29 Å². The molecular weight excluding hydrogens is 364 g/mol. The van der Waals surface area contributed by atoms with E-state index in [0.29, 0.717) is 22.6 Å². The molecule has 4 nitrogen and oxygen atoms in total. The number of carbonyl (C=O) groups is 1. The lowest BCUT2D eigenvalue weighted by Gasteiger charge is -2.25. The molecule has 29 heavy (non-hydrogen) atoms.